The molecule has 1 aromatic heterocycles. The van der Waals surface area contributed by atoms with Crippen molar-refractivity contribution in [3.63, 3.8) is 0 Å². The average Bonchev–Trinajstić information content (AvgIpc) is 3.24. The fraction of sp³-hybridized carbons (Fsp3) is 0.179. The molecule has 0 bridgehead atoms. The molecule has 7 nitrogen and oxygen atoms in total. The molecule has 36 heavy (non-hydrogen) atoms. The van der Waals surface area contributed by atoms with Gasteiger partial charge >= 0.3 is 12.1 Å². The summed E-state index contributed by atoms with van der Waals surface area (Å²) in [5.41, 5.74) is 5.63. The number of nitrogens with zero attached hydrogens (tertiary/aromatic N) is 1. The lowest BCUT2D eigenvalue weighted by atomic mass is 10.00. The largest absolute Gasteiger partial charge is 0.481 e. The van der Waals surface area contributed by atoms with E-state index >= 15 is 0 Å². The van der Waals surface area contributed by atoms with Gasteiger partial charge < -0.3 is 14.4 Å². The van der Waals surface area contributed by atoms with Crippen molar-refractivity contribution in [2.75, 3.05) is 11.9 Å². The molecule has 0 unspecified atom stereocenters. The number of benzene rings is 3. The van der Waals surface area contributed by atoms with Gasteiger partial charge in [-0.25, -0.2) is 4.79 Å². The van der Waals surface area contributed by atoms with Crippen LogP contribution in [0.4, 0.5) is 10.5 Å². The van der Waals surface area contributed by atoms with Crippen LogP contribution in [-0.2, 0) is 22.4 Å². The second-order valence-electron chi connectivity index (χ2n) is 8.23. The number of carbonyl (C=O) groups is 2. The van der Waals surface area contributed by atoms with Crippen molar-refractivity contribution in [3.05, 3.63) is 94.7 Å². The lowest BCUT2D eigenvalue weighted by Gasteiger charge is -2.09. The molecule has 0 fully saturated rings. The zero-order valence-corrected chi connectivity index (χ0v) is 20.4. The van der Waals surface area contributed by atoms with E-state index in [9.17, 15) is 9.59 Å². The van der Waals surface area contributed by atoms with Crippen molar-refractivity contribution >= 4 is 29.4 Å². The zero-order valence-electron chi connectivity index (χ0n) is 19.7. The number of halogens is 1. The Kier molecular flexibility index (Phi) is 8.02. The normalized spacial score (nSPS) is 10.7. The Balaban J connectivity index is 1.40. The van der Waals surface area contributed by atoms with Gasteiger partial charge in [0.25, 0.3) is 0 Å². The first-order valence-corrected chi connectivity index (χ1v) is 11.8. The molecule has 1 amide bonds. The fourth-order valence-electron chi connectivity index (χ4n) is 3.75. The van der Waals surface area contributed by atoms with E-state index in [0.717, 1.165) is 27.8 Å². The predicted octanol–water partition coefficient (Wildman–Crippen LogP) is 6.78. The molecule has 184 valence electrons. The van der Waals surface area contributed by atoms with Crippen molar-refractivity contribution in [2.24, 2.45) is 0 Å². The number of amides is 1. The van der Waals surface area contributed by atoms with Crippen molar-refractivity contribution < 1.29 is 24.0 Å². The molecule has 4 rings (SSSR count). The molecule has 1 heterocycles. The summed E-state index contributed by atoms with van der Waals surface area (Å²) in [7, 11) is 0. The number of carbonyl (C=O) groups excluding carboxylic acids is 1. The molecule has 0 radical (unpaired) electrons. The molecule has 0 atom stereocenters. The average molecular weight is 505 g/mol. The topological polar surface area (TPSA) is 102 Å². The molecule has 0 saturated heterocycles. The number of carboxylic acid groups (broad SMARTS) is 1. The first kappa shape index (κ1) is 25.0. The van der Waals surface area contributed by atoms with Gasteiger partial charge in [-0.05, 0) is 41.7 Å². The van der Waals surface area contributed by atoms with E-state index in [2.05, 4.69) is 10.5 Å². The van der Waals surface area contributed by atoms with Gasteiger partial charge in [0.15, 0.2) is 5.76 Å². The second kappa shape index (κ2) is 11.6. The fourth-order valence-corrected chi connectivity index (χ4v) is 3.98. The molecule has 4 aromatic rings. The van der Waals surface area contributed by atoms with Gasteiger partial charge in [-0.1, -0.05) is 83.5 Å². The molecule has 0 aliphatic rings. The second-order valence-corrected chi connectivity index (χ2v) is 8.64. The molecule has 2 N–H and O–H groups in total. The molecule has 0 aliphatic carbocycles. The highest BCUT2D eigenvalue weighted by Gasteiger charge is 2.18. The highest BCUT2D eigenvalue weighted by molar-refractivity contribution is 6.31. The summed E-state index contributed by atoms with van der Waals surface area (Å²) in [4.78, 5) is 23.2. The van der Waals surface area contributed by atoms with E-state index in [-0.39, 0.29) is 13.0 Å². The minimum Gasteiger partial charge on any atom is -0.481 e. The maximum absolute atomic E-state index is 12.4. The van der Waals surface area contributed by atoms with Crippen molar-refractivity contribution in [3.8, 4) is 22.4 Å². The number of aromatic nitrogens is 1. The maximum atomic E-state index is 12.4. The zero-order chi connectivity index (χ0) is 25.5. The third-order valence-electron chi connectivity index (χ3n) is 5.73. The molecule has 8 heteroatoms. The number of anilines is 1. The number of aliphatic carboxylic acids is 1. The summed E-state index contributed by atoms with van der Waals surface area (Å²) in [6.07, 6.45) is 0.508. The molecule has 3 aromatic carbocycles. The standard InChI is InChI=1S/C28H25ClN2O5/c1-18-26(30-28(34)35-17-16-22-4-2-3-5-24(22)29)27(31-36-18)23-13-11-21(12-14-23)20-9-6-19(7-10-20)8-15-25(32)33/h2-7,9-14H,8,15-17H2,1H3,(H,30,34)(H,32,33). The number of nitrogens with one attached hydrogen (secondary N) is 1. The summed E-state index contributed by atoms with van der Waals surface area (Å²) in [6.45, 7) is 1.90. The lowest BCUT2D eigenvalue weighted by Crippen LogP contribution is -2.16. The highest BCUT2D eigenvalue weighted by atomic mass is 35.5. The minimum absolute atomic E-state index is 0.108. The first-order valence-electron chi connectivity index (χ1n) is 11.5. The maximum Gasteiger partial charge on any atom is 0.411 e. The number of hydrogen-bond donors (Lipinski definition) is 2. The van der Waals surface area contributed by atoms with Crippen molar-refractivity contribution in [1.82, 2.24) is 5.16 Å². The minimum atomic E-state index is -0.808. The number of carboxylic acids is 1. The van der Waals surface area contributed by atoms with Gasteiger partial charge in [0.05, 0.1) is 6.61 Å². The summed E-state index contributed by atoms with van der Waals surface area (Å²) in [5, 5.41) is 16.3. The quantitative estimate of drug-likeness (QED) is 0.260. The van der Waals surface area contributed by atoms with E-state index in [1.165, 1.54) is 0 Å². The van der Waals surface area contributed by atoms with E-state index < -0.39 is 12.1 Å². The number of hydrogen-bond acceptors (Lipinski definition) is 5. The molecule has 0 aliphatic heterocycles. The number of rotatable bonds is 9. The smallest absolute Gasteiger partial charge is 0.411 e. The Morgan fingerprint density at radius 3 is 2.25 bits per heavy atom. The van der Waals surface area contributed by atoms with Crippen LogP contribution in [0.25, 0.3) is 22.4 Å². The van der Waals surface area contributed by atoms with Crippen LogP contribution < -0.4 is 5.32 Å². The Morgan fingerprint density at radius 2 is 1.58 bits per heavy atom. The van der Waals surface area contributed by atoms with Gasteiger partial charge in [0.1, 0.15) is 11.4 Å². The highest BCUT2D eigenvalue weighted by Crippen LogP contribution is 2.32. The van der Waals surface area contributed by atoms with Crippen LogP contribution in [0.3, 0.4) is 0 Å². The van der Waals surface area contributed by atoms with Gasteiger partial charge in [-0.3, -0.25) is 10.1 Å². The third kappa shape index (κ3) is 6.31. The van der Waals surface area contributed by atoms with Gasteiger partial charge in [-0.15, -0.1) is 0 Å². The van der Waals surface area contributed by atoms with Crippen LogP contribution >= 0.6 is 11.6 Å². The Bertz CT molecular complexity index is 1350. The van der Waals surface area contributed by atoms with Crippen LogP contribution in [0, 0.1) is 6.92 Å². The van der Waals surface area contributed by atoms with E-state index in [0.29, 0.717) is 35.0 Å². The lowest BCUT2D eigenvalue weighted by molar-refractivity contribution is -0.136. The van der Waals surface area contributed by atoms with E-state index in [1.807, 2.05) is 66.7 Å². The molecule has 0 spiro atoms. The molecular formula is C28H25ClN2O5. The van der Waals surface area contributed by atoms with Crippen molar-refractivity contribution in [1.29, 1.82) is 0 Å². The Labute approximate surface area is 213 Å². The van der Waals surface area contributed by atoms with E-state index in [1.54, 1.807) is 13.0 Å². The number of ether oxygens (including phenoxy) is 1. The van der Waals surface area contributed by atoms with Crippen LogP contribution in [-0.4, -0.2) is 28.9 Å². The molecule has 0 saturated carbocycles. The predicted molar refractivity (Wildman–Crippen MR) is 138 cm³/mol. The van der Waals surface area contributed by atoms with Crippen LogP contribution in [0.2, 0.25) is 5.02 Å². The van der Waals surface area contributed by atoms with Crippen molar-refractivity contribution in [2.45, 2.75) is 26.2 Å². The Hall–Kier alpha value is -4.10. The van der Waals surface area contributed by atoms with Gasteiger partial charge in [-0.2, -0.15) is 0 Å². The van der Waals surface area contributed by atoms with Gasteiger partial charge in [0.2, 0.25) is 0 Å². The summed E-state index contributed by atoms with van der Waals surface area (Å²) in [5.74, 6) is -0.342. The summed E-state index contributed by atoms with van der Waals surface area (Å²) >= 11 is 6.15. The van der Waals surface area contributed by atoms with Crippen LogP contribution in [0.15, 0.2) is 77.3 Å². The molecular weight excluding hydrogens is 480 g/mol. The number of aryl methyl sites for hydroxylation is 2. The SMILES string of the molecule is Cc1onc(-c2ccc(-c3ccc(CCC(=O)O)cc3)cc2)c1NC(=O)OCCc1ccccc1Cl. The van der Waals surface area contributed by atoms with E-state index in [4.69, 9.17) is 26.0 Å². The monoisotopic (exact) mass is 504 g/mol. The first-order chi connectivity index (χ1) is 17.4. The van der Waals surface area contributed by atoms with Gasteiger partial charge in [0, 0.05) is 23.4 Å². The van der Waals surface area contributed by atoms with Crippen LogP contribution in [0.1, 0.15) is 23.3 Å². The summed E-state index contributed by atoms with van der Waals surface area (Å²) < 4.78 is 10.7. The Morgan fingerprint density at radius 1 is 0.944 bits per heavy atom. The van der Waals surface area contributed by atoms with Crippen LogP contribution in [0.5, 0.6) is 0 Å². The summed E-state index contributed by atoms with van der Waals surface area (Å²) in [6, 6.07) is 23.0. The third-order valence-corrected chi connectivity index (χ3v) is 6.09.